The second-order valence-electron chi connectivity index (χ2n) is 7.48. The van der Waals surface area contributed by atoms with Crippen LogP contribution in [0.5, 0.6) is 0 Å². The summed E-state index contributed by atoms with van der Waals surface area (Å²) in [7, 11) is 0. The molecule has 0 aromatic rings. The Morgan fingerprint density at radius 1 is 1.24 bits per heavy atom. The Bertz CT molecular complexity index is 478. The molecule has 5 heteroatoms. The molecule has 4 bridgehead atoms. The number of carbonyl (C=O) groups is 2. The summed E-state index contributed by atoms with van der Waals surface area (Å²) in [5.41, 5.74) is -0.0347. The van der Waals surface area contributed by atoms with E-state index in [9.17, 15) is 14.7 Å². The molecule has 21 heavy (non-hydrogen) atoms. The zero-order chi connectivity index (χ0) is 14.6. The fourth-order valence-electron chi connectivity index (χ4n) is 5.42. The molecule has 5 rings (SSSR count). The Morgan fingerprint density at radius 2 is 1.81 bits per heavy atom. The Labute approximate surface area is 124 Å². The van der Waals surface area contributed by atoms with Crippen molar-refractivity contribution in [1.82, 2.24) is 10.2 Å². The van der Waals surface area contributed by atoms with Gasteiger partial charge in [-0.15, -0.1) is 0 Å². The maximum atomic E-state index is 12.3. The predicted molar refractivity (Wildman–Crippen MR) is 75.9 cm³/mol. The van der Waals surface area contributed by atoms with E-state index in [0.717, 1.165) is 37.0 Å². The molecule has 1 heterocycles. The molecule has 0 saturated heterocycles. The van der Waals surface area contributed by atoms with E-state index >= 15 is 0 Å². The molecule has 0 aromatic carbocycles. The van der Waals surface area contributed by atoms with Gasteiger partial charge in [-0.3, -0.25) is 9.59 Å². The lowest BCUT2D eigenvalue weighted by molar-refractivity contribution is -0.139. The molecule has 114 valence electrons. The van der Waals surface area contributed by atoms with Crippen molar-refractivity contribution in [3.63, 3.8) is 0 Å². The fraction of sp³-hybridized carbons (Fsp3) is 0.750. The molecule has 1 atom stereocenters. The van der Waals surface area contributed by atoms with Crippen LogP contribution in [-0.2, 0) is 9.59 Å². The lowest BCUT2D eigenvalue weighted by atomic mass is 9.53. The standard InChI is InChI=1S/C16H22N2O3/c19-13(9-18-14(20)1-2-15(18)21)17-16-6-10-3-11(7-16)5-12(4-10)8-16/h1-2,10-12,14,20H,3-9H2,(H,17,19). The van der Waals surface area contributed by atoms with Gasteiger partial charge in [0.2, 0.25) is 11.8 Å². The molecule has 4 aliphatic carbocycles. The van der Waals surface area contributed by atoms with E-state index in [4.69, 9.17) is 0 Å². The number of aliphatic hydroxyl groups excluding tert-OH is 1. The average molecular weight is 290 g/mol. The third kappa shape index (κ3) is 2.27. The lowest BCUT2D eigenvalue weighted by Crippen LogP contribution is -2.61. The smallest absolute Gasteiger partial charge is 0.249 e. The van der Waals surface area contributed by atoms with Gasteiger partial charge >= 0.3 is 0 Å². The Kier molecular flexibility index (Phi) is 2.89. The highest BCUT2D eigenvalue weighted by Gasteiger charge is 2.51. The number of hydrogen-bond acceptors (Lipinski definition) is 3. The molecule has 4 fully saturated rings. The monoisotopic (exact) mass is 290 g/mol. The van der Waals surface area contributed by atoms with Crippen molar-refractivity contribution in [2.75, 3.05) is 6.54 Å². The number of nitrogens with one attached hydrogen (secondary N) is 1. The molecule has 5 nitrogen and oxygen atoms in total. The van der Waals surface area contributed by atoms with E-state index in [2.05, 4.69) is 5.32 Å². The van der Waals surface area contributed by atoms with Crippen LogP contribution in [0, 0.1) is 17.8 Å². The third-order valence-electron chi connectivity index (χ3n) is 5.77. The van der Waals surface area contributed by atoms with Gasteiger partial charge in [-0.05, 0) is 62.4 Å². The highest BCUT2D eigenvalue weighted by molar-refractivity contribution is 5.93. The fourth-order valence-corrected chi connectivity index (χ4v) is 5.42. The Hall–Kier alpha value is -1.36. The number of rotatable bonds is 3. The van der Waals surface area contributed by atoms with Crippen LogP contribution < -0.4 is 5.32 Å². The van der Waals surface area contributed by atoms with Crippen LogP contribution in [0.4, 0.5) is 0 Å². The van der Waals surface area contributed by atoms with Crippen molar-refractivity contribution in [3.8, 4) is 0 Å². The first kappa shape index (κ1) is 13.3. The van der Waals surface area contributed by atoms with Crippen molar-refractivity contribution in [1.29, 1.82) is 0 Å². The molecule has 1 unspecified atom stereocenters. The molecule has 1 aliphatic heterocycles. The quantitative estimate of drug-likeness (QED) is 0.807. The lowest BCUT2D eigenvalue weighted by Gasteiger charge is -2.57. The van der Waals surface area contributed by atoms with Crippen molar-refractivity contribution in [2.45, 2.75) is 50.3 Å². The summed E-state index contributed by atoms with van der Waals surface area (Å²) in [5.74, 6) is 1.91. The highest BCUT2D eigenvalue weighted by Crippen LogP contribution is 2.55. The van der Waals surface area contributed by atoms with E-state index in [1.807, 2.05) is 0 Å². The van der Waals surface area contributed by atoms with Gasteiger partial charge in [-0.1, -0.05) is 0 Å². The van der Waals surface area contributed by atoms with Gasteiger partial charge in [0.1, 0.15) is 12.8 Å². The minimum absolute atomic E-state index is 0.0347. The first-order valence-electron chi connectivity index (χ1n) is 8.01. The van der Waals surface area contributed by atoms with Crippen LogP contribution in [0.3, 0.4) is 0 Å². The van der Waals surface area contributed by atoms with Crippen molar-refractivity contribution in [2.24, 2.45) is 17.8 Å². The Morgan fingerprint density at radius 3 is 2.29 bits per heavy atom. The second-order valence-corrected chi connectivity index (χ2v) is 7.48. The summed E-state index contributed by atoms with van der Waals surface area (Å²) in [6.45, 7) is -0.0469. The zero-order valence-corrected chi connectivity index (χ0v) is 12.1. The van der Waals surface area contributed by atoms with Gasteiger partial charge in [-0.2, -0.15) is 0 Å². The molecular weight excluding hydrogens is 268 g/mol. The van der Waals surface area contributed by atoms with Gasteiger partial charge < -0.3 is 15.3 Å². The summed E-state index contributed by atoms with van der Waals surface area (Å²) in [4.78, 5) is 25.1. The van der Waals surface area contributed by atoms with Crippen LogP contribution >= 0.6 is 0 Å². The largest absolute Gasteiger partial charge is 0.370 e. The molecule has 2 N–H and O–H groups in total. The van der Waals surface area contributed by atoms with Crippen molar-refractivity contribution in [3.05, 3.63) is 12.2 Å². The van der Waals surface area contributed by atoms with Crippen LogP contribution in [0.15, 0.2) is 12.2 Å². The molecule has 4 saturated carbocycles. The van der Waals surface area contributed by atoms with Gasteiger partial charge in [0, 0.05) is 11.6 Å². The summed E-state index contributed by atoms with van der Waals surface area (Å²) < 4.78 is 0. The van der Waals surface area contributed by atoms with E-state index in [1.54, 1.807) is 0 Å². The maximum Gasteiger partial charge on any atom is 0.249 e. The van der Waals surface area contributed by atoms with Crippen molar-refractivity contribution >= 4 is 11.8 Å². The second kappa shape index (κ2) is 4.57. The molecule has 0 spiro atoms. The summed E-state index contributed by atoms with van der Waals surface area (Å²) >= 11 is 0. The normalized spacial score (nSPS) is 43.7. The first-order valence-corrected chi connectivity index (χ1v) is 8.01. The van der Waals surface area contributed by atoms with Gasteiger partial charge in [0.05, 0.1) is 0 Å². The van der Waals surface area contributed by atoms with Crippen LogP contribution in [0.25, 0.3) is 0 Å². The van der Waals surface area contributed by atoms with E-state index in [-0.39, 0.29) is 23.9 Å². The van der Waals surface area contributed by atoms with E-state index in [1.165, 1.54) is 36.3 Å². The number of hydrogen-bond donors (Lipinski definition) is 2. The van der Waals surface area contributed by atoms with E-state index < -0.39 is 6.23 Å². The summed E-state index contributed by atoms with van der Waals surface area (Å²) in [6, 6.07) is 0. The molecule has 0 aromatic heterocycles. The van der Waals surface area contributed by atoms with Gasteiger partial charge in [0.25, 0.3) is 0 Å². The topological polar surface area (TPSA) is 69.6 Å². The number of carbonyl (C=O) groups excluding carboxylic acids is 2. The first-order chi connectivity index (χ1) is 10.0. The van der Waals surface area contributed by atoms with Gasteiger partial charge in [-0.25, -0.2) is 0 Å². The zero-order valence-electron chi connectivity index (χ0n) is 12.1. The number of nitrogens with zero attached hydrogens (tertiary/aromatic N) is 1. The molecule has 0 radical (unpaired) electrons. The highest BCUT2D eigenvalue weighted by atomic mass is 16.3. The Balaban J connectivity index is 1.42. The molecular formula is C16H22N2O3. The third-order valence-corrected chi connectivity index (χ3v) is 5.77. The molecule has 5 aliphatic rings. The minimum atomic E-state index is -0.959. The minimum Gasteiger partial charge on any atom is -0.370 e. The number of aliphatic hydroxyl groups is 1. The van der Waals surface area contributed by atoms with Crippen LogP contribution in [-0.4, -0.2) is 40.1 Å². The van der Waals surface area contributed by atoms with E-state index in [0.29, 0.717) is 0 Å². The van der Waals surface area contributed by atoms with Crippen LogP contribution in [0.1, 0.15) is 38.5 Å². The average Bonchev–Trinajstić information content (AvgIpc) is 2.68. The maximum absolute atomic E-state index is 12.3. The molecule has 2 amide bonds. The summed E-state index contributed by atoms with van der Waals surface area (Å²) in [5, 5.41) is 12.9. The van der Waals surface area contributed by atoms with Gasteiger partial charge in [0.15, 0.2) is 0 Å². The van der Waals surface area contributed by atoms with Crippen LogP contribution in [0.2, 0.25) is 0 Å². The predicted octanol–water partition coefficient (Wildman–Crippen LogP) is 0.788. The van der Waals surface area contributed by atoms with Crippen molar-refractivity contribution < 1.29 is 14.7 Å². The number of amides is 2. The summed E-state index contributed by atoms with van der Waals surface area (Å²) in [6.07, 6.45) is 9.08. The SMILES string of the molecule is O=C(CN1C(=O)C=CC1O)NC12CC3CC(CC(C3)C1)C2.